The Morgan fingerprint density at radius 3 is 2.73 bits per heavy atom. The van der Waals surface area contributed by atoms with Crippen molar-refractivity contribution in [1.82, 2.24) is 0 Å². The van der Waals surface area contributed by atoms with Crippen LogP contribution in [0.1, 0.15) is 15.9 Å². The number of para-hydroxylation sites is 1. The van der Waals surface area contributed by atoms with E-state index in [1.54, 1.807) is 19.1 Å². The largest absolute Gasteiger partial charge is 0.465 e. The SMILES string of the molecule is COC(=O)c1cccc(C)c1NS(=O)O. The van der Waals surface area contributed by atoms with Gasteiger partial charge < -0.3 is 4.74 Å². The van der Waals surface area contributed by atoms with Crippen molar-refractivity contribution in [2.24, 2.45) is 0 Å². The molecule has 0 saturated carbocycles. The Morgan fingerprint density at radius 2 is 2.20 bits per heavy atom. The summed E-state index contributed by atoms with van der Waals surface area (Å²) in [4.78, 5) is 11.3. The predicted molar refractivity (Wildman–Crippen MR) is 56.9 cm³/mol. The van der Waals surface area contributed by atoms with Gasteiger partial charge >= 0.3 is 5.97 Å². The molecule has 0 radical (unpaired) electrons. The van der Waals surface area contributed by atoms with Crippen LogP contribution < -0.4 is 4.72 Å². The van der Waals surface area contributed by atoms with Crippen molar-refractivity contribution in [2.45, 2.75) is 6.92 Å². The quantitative estimate of drug-likeness (QED) is 0.605. The van der Waals surface area contributed by atoms with E-state index in [1.807, 2.05) is 0 Å². The van der Waals surface area contributed by atoms with Crippen molar-refractivity contribution >= 4 is 22.9 Å². The number of hydrogen-bond acceptors (Lipinski definition) is 3. The van der Waals surface area contributed by atoms with Crippen molar-refractivity contribution in [3.05, 3.63) is 29.3 Å². The van der Waals surface area contributed by atoms with Crippen molar-refractivity contribution in [3.63, 3.8) is 0 Å². The van der Waals surface area contributed by atoms with Gasteiger partial charge in [-0.05, 0) is 18.6 Å². The van der Waals surface area contributed by atoms with E-state index in [1.165, 1.54) is 13.2 Å². The second-order valence-electron chi connectivity index (χ2n) is 2.84. The summed E-state index contributed by atoms with van der Waals surface area (Å²) in [6.45, 7) is 1.72. The van der Waals surface area contributed by atoms with Gasteiger partial charge in [-0.1, -0.05) is 12.1 Å². The molecule has 1 rings (SSSR count). The van der Waals surface area contributed by atoms with E-state index in [0.717, 1.165) is 0 Å². The van der Waals surface area contributed by atoms with Gasteiger partial charge in [0.2, 0.25) is 0 Å². The second-order valence-corrected chi connectivity index (χ2v) is 3.54. The molecule has 0 saturated heterocycles. The van der Waals surface area contributed by atoms with E-state index in [-0.39, 0.29) is 5.56 Å². The van der Waals surface area contributed by atoms with Crippen molar-refractivity contribution in [3.8, 4) is 0 Å². The van der Waals surface area contributed by atoms with Gasteiger partial charge in [0, 0.05) is 0 Å². The maximum atomic E-state index is 11.3. The molecule has 0 fully saturated rings. The maximum absolute atomic E-state index is 11.3. The number of anilines is 1. The van der Waals surface area contributed by atoms with Crippen LogP contribution in [-0.4, -0.2) is 21.8 Å². The molecule has 0 aliphatic rings. The molecule has 0 bridgehead atoms. The molecule has 15 heavy (non-hydrogen) atoms. The van der Waals surface area contributed by atoms with Crippen LogP contribution in [0, 0.1) is 6.92 Å². The number of aryl methyl sites for hydroxylation is 1. The third-order valence-electron chi connectivity index (χ3n) is 1.87. The summed E-state index contributed by atoms with van der Waals surface area (Å²) in [5, 5.41) is 0. The van der Waals surface area contributed by atoms with Gasteiger partial charge in [0.1, 0.15) is 0 Å². The Kier molecular flexibility index (Phi) is 3.81. The van der Waals surface area contributed by atoms with Crippen molar-refractivity contribution in [1.29, 1.82) is 0 Å². The fraction of sp³-hybridized carbons (Fsp3) is 0.222. The Bertz CT molecular complexity index is 405. The van der Waals surface area contributed by atoms with Gasteiger partial charge in [-0.3, -0.25) is 9.27 Å². The third kappa shape index (κ3) is 2.77. The number of carbonyl (C=O) groups is 1. The first-order chi connectivity index (χ1) is 7.06. The minimum absolute atomic E-state index is 0.236. The molecule has 5 nitrogen and oxygen atoms in total. The number of benzene rings is 1. The van der Waals surface area contributed by atoms with Crippen LogP contribution in [-0.2, 0) is 16.0 Å². The lowest BCUT2D eigenvalue weighted by molar-refractivity contribution is 0.0602. The predicted octanol–water partition coefficient (Wildman–Crippen LogP) is 1.33. The minimum Gasteiger partial charge on any atom is -0.465 e. The summed E-state index contributed by atoms with van der Waals surface area (Å²) in [6, 6.07) is 4.92. The summed E-state index contributed by atoms with van der Waals surface area (Å²) < 4.78 is 26.2. The lowest BCUT2D eigenvalue weighted by Gasteiger charge is -2.10. The monoisotopic (exact) mass is 229 g/mol. The molecule has 0 aliphatic carbocycles. The fourth-order valence-corrected chi connectivity index (χ4v) is 1.62. The van der Waals surface area contributed by atoms with Crippen LogP contribution in [0.25, 0.3) is 0 Å². The minimum atomic E-state index is -2.21. The second kappa shape index (κ2) is 4.90. The molecule has 1 aromatic carbocycles. The zero-order valence-corrected chi connectivity index (χ0v) is 9.13. The molecular weight excluding hydrogens is 218 g/mol. The van der Waals surface area contributed by atoms with Gasteiger partial charge in [-0.25, -0.2) is 9.00 Å². The summed E-state index contributed by atoms with van der Waals surface area (Å²) >= 11 is -2.21. The average Bonchev–Trinajstić information content (AvgIpc) is 2.19. The zero-order valence-electron chi connectivity index (χ0n) is 8.31. The molecule has 0 heterocycles. The molecule has 82 valence electrons. The maximum Gasteiger partial charge on any atom is 0.340 e. The topological polar surface area (TPSA) is 75.6 Å². The number of carbonyl (C=O) groups excluding carboxylic acids is 1. The molecular formula is C9H11NO4S. The third-order valence-corrected chi connectivity index (χ3v) is 2.25. The Morgan fingerprint density at radius 1 is 1.53 bits per heavy atom. The van der Waals surface area contributed by atoms with Gasteiger partial charge in [-0.15, -0.1) is 0 Å². The van der Waals surface area contributed by atoms with E-state index < -0.39 is 17.2 Å². The first-order valence-corrected chi connectivity index (χ1v) is 5.22. The Balaban J connectivity index is 3.19. The van der Waals surface area contributed by atoms with Gasteiger partial charge in [0.25, 0.3) is 11.3 Å². The van der Waals surface area contributed by atoms with E-state index in [9.17, 15) is 9.00 Å². The number of nitrogens with one attached hydrogen (secondary N) is 1. The Hall–Kier alpha value is -1.40. The van der Waals surface area contributed by atoms with Crippen molar-refractivity contribution < 1.29 is 18.3 Å². The van der Waals surface area contributed by atoms with E-state index in [2.05, 4.69) is 9.46 Å². The van der Waals surface area contributed by atoms with Gasteiger partial charge in [0.05, 0.1) is 18.4 Å². The van der Waals surface area contributed by atoms with Crippen LogP contribution in [0.3, 0.4) is 0 Å². The van der Waals surface area contributed by atoms with Crippen LogP contribution in [0.2, 0.25) is 0 Å². The molecule has 0 spiro atoms. The Labute approximate surface area is 89.9 Å². The van der Waals surface area contributed by atoms with Crippen LogP contribution >= 0.6 is 0 Å². The highest BCUT2D eigenvalue weighted by atomic mass is 32.2. The molecule has 0 aliphatic heterocycles. The number of rotatable bonds is 3. The fourth-order valence-electron chi connectivity index (χ4n) is 1.17. The normalized spacial score (nSPS) is 11.9. The molecule has 0 amide bonds. The summed E-state index contributed by atoms with van der Waals surface area (Å²) in [7, 11) is 1.25. The molecule has 1 unspecified atom stereocenters. The van der Waals surface area contributed by atoms with E-state index >= 15 is 0 Å². The molecule has 2 N–H and O–H groups in total. The first kappa shape index (κ1) is 11.7. The molecule has 6 heteroatoms. The number of hydrogen-bond donors (Lipinski definition) is 2. The molecule has 0 aromatic heterocycles. The smallest absolute Gasteiger partial charge is 0.340 e. The van der Waals surface area contributed by atoms with Crippen LogP contribution in [0.15, 0.2) is 18.2 Å². The van der Waals surface area contributed by atoms with E-state index in [0.29, 0.717) is 11.3 Å². The van der Waals surface area contributed by atoms with E-state index in [4.69, 9.17) is 4.55 Å². The van der Waals surface area contributed by atoms with Crippen molar-refractivity contribution in [2.75, 3.05) is 11.8 Å². The number of methoxy groups -OCH3 is 1. The average molecular weight is 229 g/mol. The first-order valence-electron chi connectivity index (χ1n) is 4.11. The highest BCUT2D eigenvalue weighted by Gasteiger charge is 2.14. The molecule has 1 aromatic rings. The van der Waals surface area contributed by atoms with Crippen LogP contribution in [0.5, 0.6) is 0 Å². The summed E-state index contributed by atoms with van der Waals surface area (Å²) in [6.07, 6.45) is 0. The number of ether oxygens (including phenoxy) is 1. The standard InChI is InChI=1S/C9H11NO4S/c1-6-4-3-5-7(9(11)14-2)8(6)10-15(12)13/h3-5,10H,1-2H3,(H,12,13). The lowest BCUT2D eigenvalue weighted by Crippen LogP contribution is -2.11. The van der Waals surface area contributed by atoms with Gasteiger partial charge in [-0.2, -0.15) is 0 Å². The highest BCUT2D eigenvalue weighted by molar-refractivity contribution is 7.80. The van der Waals surface area contributed by atoms with Gasteiger partial charge in [0.15, 0.2) is 0 Å². The highest BCUT2D eigenvalue weighted by Crippen LogP contribution is 2.21. The van der Waals surface area contributed by atoms with Crippen LogP contribution in [0.4, 0.5) is 5.69 Å². The summed E-state index contributed by atoms with van der Waals surface area (Å²) in [5.74, 6) is -0.549. The zero-order chi connectivity index (χ0) is 11.4. The number of esters is 1. The lowest BCUT2D eigenvalue weighted by atomic mass is 10.1. The summed E-state index contributed by atoms with van der Waals surface area (Å²) in [5.41, 5.74) is 1.24. The molecule has 1 atom stereocenters.